The highest BCUT2D eigenvalue weighted by atomic mass is 16.2. The van der Waals surface area contributed by atoms with Gasteiger partial charge in [0.1, 0.15) is 0 Å². The molecule has 0 heterocycles. The highest BCUT2D eigenvalue weighted by molar-refractivity contribution is 5.77. The summed E-state index contributed by atoms with van der Waals surface area (Å²) in [6, 6.07) is 9.88. The van der Waals surface area contributed by atoms with E-state index in [0.717, 1.165) is 12.1 Å². The van der Waals surface area contributed by atoms with Crippen LogP contribution in [0, 0.1) is 5.92 Å². The van der Waals surface area contributed by atoms with E-state index in [1.54, 1.807) is 0 Å². The number of likely N-dealkylation sites (N-methyl/N-ethyl adjacent to an activating group) is 1. The van der Waals surface area contributed by atoms with Crippen molar-refractivity contribution in [3.05, 3.63) is 35.9 Å². The summed E-state index contributed by atoms with van der Waals surface area (Å²) in [6.07, 6.45) is 0. The van der Waals surface area contributed by atoms with Gasteiger partial charge in [-0.05, 0) is 18.5 Å². The van der Waals surface area contributed by atoms with Gasteiger partial charge in [-0.2, -0.15) is 0 Å². The van der Waals surface area contributed by atoms with Crippen molar-refractivity contribution in [2.75, 3.05) is 26.7 Å². The molecule has 0 saturated carbocycles. The van der Waals surface area contributed by atoms with Gasteiger partial charge in [0.2, 0.25) is 5.91 Å². The zero-order valence-corrected chi connectivity index (χ0v) is 12.1. The monoisotopic (exact) mass is 263 g/mol. The van der Waals surface area contributed by atoms with Crippen molar-refractivity contribution >= 4 is 5.91 Å². The maximum Gasteiger partial charge on any atom is 0.234 e. The maximum absolute atomic E-state index is 11.7. The molecule has 0 aromatic heterocycles. The zero-order valence-electron chi connectivity index (χ0n) is 12.1. The maximum atomic E-state index is 11.7. The number of carbonyl (C=O) groups excluding carboxylic acids is 1. The molecule has 0 aliphatic rings. The normalized spacial score (nSPS) is 12.7. The Morgan fingerprint density at radius 3 is 2.53 bits per heavy atom. The Kier molecular flexibility index (Phi) is 6.53. The lowest BCUT2D eigenvalue weighted by atomic mass is 10.1. The molecule has 106 valence electrons. The lowest BCUT2D eigenvalue weighted by molar-refractivity contribution is -0.122. The minimum atomic E-state index is -0.0656. The SMILES string of the molecule is CC(C)CNC(=O)CN(C)CC(N)c1ccccc1. The minimum absolute atomic E-state index is 0.0523. The summed E-state index contributed by atoms with van der Waals surface area (Å²) < 4.78 is 0. The van der Waals surface area contributed by atoms with Crippen molar-refractivity contribution in [1.82, 2.24) is 10.2 Å². The number of benzene rings is 1. The predicted molar refractivity (Wildman–Crippen MR) is 78.7 cm³/mol. The van der Waals surface area contributed by atoms with Gasteiger partial charge in [0, 0.05) is 19.1 Å². The predicted octanol–water partition coefficient (Wildman–Crippen LogP) is 1.39. The summed E-state index contributed by atoms with van der Waals surface area (Å²) in [7, 11) is 1.91. The third kappa shape index (κ3) is 6.36. The highest BCUT2D eigenvalue weighted by Gasteiger charge is 2.11. The number of nitrogens with two attached hydrogens (primary N) is 1. The largest absolute Gasteiger partial charge is 0.355 e. The molecule has 0 saturated heterocycles. The van der Waals surface area contributed by atoms with Crippen LogP contribution in [0.1, 0.15) is 25.5 Å². The fraction of sp³-hybridized carbons (Fsp3) is 0.533. The second-order valence-electron chi connectivity index (χ2n) is 5.41. The molecule has 4 nitrogen and oxygen atoms in total. The highest BCUT2D eigenvalue weighted by Crippen LogP contribution is 2.10. The van der Waals surface area contributed by atoms with Gasteiger partial charge in [-0.1, -0.05) is 44.2 Å². The molecular formula is C15H25N3O. The summed E-state index contributed by atoms with van der Waals surface area (Å²) in [4.78, 5) is 13.6. The van der Waals surface area contributed by atoms with Crippen LogP contribution in [0.15, 0.2) is 30.3 Å². The molecule has 0 fully saturated rings. The second-order valence-corrected chi connectivity index (χ2v) is 5.41. The van der Waals surface area contributed by atoms with Crippen molar-refractivity contribution in [1.29, 1.82) is 0 Å². The number of hydrogen-bond acceptors (Lipinski definition) is 3. The summed E-state index contributed by atoms with van der Waals surface area (Å²) in [5.41, 5.74) is 7.21. The van der Waals surface area contributed by atoms with Crippen LogP contribution in [0.5, 0.6) is 0 Å². The first-order chi connectivity index (χ1) is 8.99. The fourth-order valence-corrected chi connectivity index (χ4v) is 1.82. The lowest BCUT2D eigenvalue weighted by Gasteiger charge is -2.21. The molecule has 0 spiro atoms. The molecule has 0 bridgehead atoms. The Hall–Kier alpha value is -1.39. The third-order valence-corrected chi connectivity index (χ3v) is 2.86. The molecule has 1 aromatic carbocycles. The molecule has 4 heteroatoms. The zero-order chi connectivity index (χ0) is 14.3. The Morgan fingerprint density at radius 2 is 1.95 bits per heavy atom. The van der Waals surface area contributed by atoms with E-state index in [4.69, 9.17) is 5.73 Å². The second kappa shape index (κ2) is 7.92. The fourth-order valence-electron chi connectivity index (χ4n) is 1.82. The molecule has 19 heavy (non-hydrogen) atoms. The van der Waals surface area contributed by atoms with Crippen molar-refractivity contribution in [3.8, 4) is 0 Å². The molecule has 1 atom stereocenters. The number of nitrogens with zero attached hydrogens (tertiary/aromatic N) is 1. The van der Waals surface area contributed by atoms with E-state index < -0.39 is 0 Å². The van der Waals surface area contributed by atoms with E-state index in [-0.39, 0.29) is 11.9 Å². The molecule has 3 N–H and O–H groups in total. The van der Waals surface area contributed by atoms with Crippen LogP contribution in [0.3, 0.4) is 0 Å². The van der Waals surface area contributed by atoms with E-state index in [2.05, 4.69) is 19.2 Å². The molecule has 1 amide bonds. The molecule has 0 aliphatic carbocycles. The molecule has 1 aromatic rings. The van der Waals surface area contributed by atoms with E-state index in [1.165, 1.54) is 0 Å². The van der Waals surface area contributed by atoms with Crippen molar-refractivity contribution in [3.63, 3.8) is 0 Å². The first kappa shape index (κ1) is 15.7. The first-order valence-electron chi connectivity index (χ1n) is 6.74. The van der Waals surface area contributed by atoms with Gasteiger partial charge >= 0.3 is 0 Å². The van der Waals surface area contributed by atoms with Gasteiger partial charge in [-0.25, -0.2) is 0 Å². The van der Waals surface area contributed by atoms with Crippen molar-refractivity contribution < 1.29 is 4.79 Å². The standard InChI is InChI=1S/C15H25N3O/c1-12(2)9-17-15(19)11-18(3)10-14(16)13-7-5-4-6-8-13/h4-8,12,14H,9-11,16H2,1-3H3,(H,17,19). The average molecular weight is 263 g/mol. The van der Waals surface area contributed by atoms with Crippen LogP contribution < -0.4 is 11.1 Å². The molecule has 1 rings (SSSR count). The minimum Gasteiger partial charge on any atom is -0.355 e. The van der Waals surface area contributed by atoms with E-state index in [9.17, 15) is 4.79 Å². The molecule has 0 radical (unpaired) electrons. The van der Waals surface area contributed by atoms with Gasteiger partial charge < -0.3 is 11.1 Å². The number of nitrogens with one attached hydrogen (secondary N) is 1. The number of rotatable bonds is 7. The van der Waals surface area contributed by atoms with Crippen molar-refractivity contribution in [2.24, 2.45) is 11.7 Å². The van der Waals surface area contributed by atoms with E-state index in [1.807, 2.05) is 42.3 Å². The lowest BCUT2D eigenvalue weighted by Crippen LogP contribution is -2.39. The van der Waals surface area contributed by atoms with Crippen molar-refractivity contribution in [2.45, 2.75) is 19.9 Å². The summed E-state index contributed by atoms with van der Waals surface area (Å²) in [5, 5.41) is 2.90. The number of amides is 1. The van der Waals surface area contributed by atoms with Gasteiger partial charge in [0.15, 0.2) is 0 Å². The Balaban J connectivity index is 2.34. The number of carbonyl (C=O) groups is 1. The quantitative estimate of drug-likeness (QED) is 0.781. The van der Waals surface area contributed by atoms with Crippen LogP contribution in [0.25, 0.3) is 0 Å². The molecular weight excluding hydrogens is 238 g/mol. The van der Waals surface area contributed by atoms with Crippen LogP contribution in [-0.4, -0.2) is 37.5 Å². The molecule has 0 aliphatic heterocycles. The third-order valence-electron chi connectivity index (χ3n) is 2.86. The summed E-state index contributed by atoms with van der Waals surface area (Å²) in [6.45, 7) is 5.93. The van der Waals surface area contributed by atoms with Gasteiger partial charge in [0.25, 0.3) is 0 Å². The van der Waals surface area contributed by atoms with Crippen LogP contribution in [-0.2, 0) is 4.79 Å². The smallest absolute Gasteiger partial charge is 0.234 e. The Morgan fingerprint density at radius 1 is 1.32 bits per heavy atom. The van der Waals surface area contributed by atoms with E-state index in [0.29, 0.717) is 19.0 Å². The first-order valence-corrected chi connectivity index (χ1v) is 6.74. The van der Waals surface area contributed by atoms with Gasteiger partial charge in [0.05, 0.1) is 6.54 Å². The summed E-state index contributed by atoms with van der Waals surface area (Å²) in [5.74, 6) is 0.525. The Bertz CT molecular complexity index is 378. The molecule has 1 unspecified atom stereocenters. The van der Waals surface area contributed by atoms with Gasteiger partial charge in [-0.15, -0.1) is 0 Å². The van der Waals surface area contributed by atoms with Crippen LogP contribution >= 0.6 is 0 Å². The van der Waals surface area contributed by atoms with Gasteiger partial charge in [-0.3, -0.25) is 9.69 Å². The van der Waals surface area contributed by atoms with Crippen LogP contribution in [0.2, 0.25) is 0 Å². The van der Waals surface area contributed by atoms with E-state index >= 15 is 0 Å². The average Bonchev–Trinajstić information content (AvgIpc) is 2.37. The van der Waals surface area contributed by atoms with Crippen LogP contribution in [0.4, 0.5) is 0 Å². The topological polar surface area (TPSA) is 58.4 Å². The summed E-state index contributed by atoms with van der Waals surface area (Å²) >= 11 is 0. The number of hydrogen-bond donors (Lipinski definition) is 2. The Labute approximate surface area is 116 Å².